The zero-order valence-electron chi connectivity index (χ0n) is 20.8. The van der Waals surface area contributed by atoms with Gasteiger partial charge >= 0.3 is 17.9 Å². The number of esters is 3. The van der Waals surface area contributed by atoms with Crippen molar-refractivity contribution in [1.82, 2.24) is 0 Å². The number of nitrogens with zero attached hydrogens (tertiary/aromatic N) is 1. The van der Waals surface area contributed by atoms with Crippen LogP contribution >= 0.6 is 0 Å². The molecule has 9 heteroatoms. The summed E-state index contributed by atoms with van der Waals surface area (Å²) < 4.78 is 15.5. The molecule has 0 amide bonds. The summed E-state index contributed by atoms with van der Waals surface area (Å²) in [6.07, 6.45) is 2.56. The predicted molar refractivity (Wildman–Crippen MR) is 120 cm³/mol. The molecule has 186 valence electrons. The number of unbranched alkanes of at least 4 members (excludes halogenated alkanes) is 2. The Morgan fingerprint density at radius 3 is 1.72 bits per heavy atom. The third-order valence-electron chi connectivity index (χ3n) is 4.64. The molecule has 0 aromatic heterocycles. The number of ether oxygens (including phenoxy) is 3. The number of nitro groups is 1. The number of hydrogen-bond acceptors (Lipinski definition) is 8. The maximum absolute atomic E-state index is 12.2. The largest absolute Gasteiger partial charge is 0.466 e. The Bertz CT molecular complexity index is 633. The number of carbonyl (C=O) groups is 3. The lowest BCUT2D eigenvalue weighted by Crippen LogP contribution is -2.39. The van der Waals surface area contributed by atoms with Gasteiger partial charge < -0.3 is 14.2 Å². The van der Waals surface area contributed by atoms with Crippen LogP contribution in [0.25, 0.3) is 0 Å². The fourth-order valence-corrected chi connectivity index (χ4v) is 3.28. The molecule has 1 atom stereocenters. The van der Waals surface area contributed by atoms with Crippen LogP contribution in [0.2, 0.25) is 0 Å². The van der Waals surface area contributed by atoms with Gasteiger partial charge in [-0.05, 0) is 67.2 Å². The Balaban J connectivity index is 5.07. The molecule has 0 rings (SSSR count). The lowest BCUT2D eigenvalue weighted by atomic mass is 9.83. The summed E-state index contributed by atoms with van der Waals surface area (Å²) in [5, 5.41) is 12.1. The fraction of sp³-hybridized carbons (Fsp3) is 0.870. The summed E-state index contributed by atoms with van der Waals surface area (Å²) in [4.78, 5) is 46.8. The van der Waals surface area contributed by atoms with Crippen molar-refractivity contribution in [3.05, 3.63) is 10.1 Å². The molecule has 0 aliphatic rings. The van der Waals surface area contributed by atoms with E-state index in [0.29, 0.717) is 19.3 Å². The lowest BCUT2D eigenvalue weighted by molar-refractivity contribution is -0.574. The maximum Gasteiger partial charge on any atom is 0.306 e. The third kappa shape index (κ3) is 14.8. The molecular formula is C23H41NO8. The van der Waals surface area contributed by atoms with Crippen LogP contribution < -0.4 is 0 Å². The van der Waals surface area contributed by atoms with E-state index in [1.807, 2.05) is 0 Å². The summed E-state index contributed by atoms with van der Waals surface area (Å²) in [7, 11) is 0. The second-order valence-electron chi connectivity index (χ2n) is 10.2. The SMILES string of the molecule is CC(=O)OCCCCCC(CCCC(=O)OC(C)(C)C)(CCC(=O)OC(C)(C)C)[N+](=O)[O-]. The first-order valence-electron chi connectivity index (χ1n) is 11.3. The van der Waals surface area contributed by atoms with Crippen LogP contribution in [-0.4, -0.2) is 46.2 Å². The predicted octanol–water partition coefficient (Wildman–Crippen LogP) is 4.76. The van der Waals surface area contributed by atoms with Crippen molar-refractivity contribution in [2.45, 2.75) is 123 Å². The van der Waals surface area contributed by atoms with Crippen molar-refractivity contribution in [2.75, 3.05) is 6.61 Å². The molecule has 0 spiro atoms. The number of carbonyl (C=O) groups excluding carboxylic acids is 3. The molecule has 0 bridgehead atoms. The van der Waals surface area contributed by atoms with Gasteiger partial charge in [0.1, 0.15) is 11.2 Å². The van der Waals surface area contributed by atoms with Crippen LogP contribution in [0, 0.1) is 10.1 Å². The zero-order chi connectivity index (χ0) is 25.0. The van der Waals surface area contributed by atoms with Gasteiger partial charge in [0.2, 0.25) is 5.54 Å². The van der Waals surface area contributed by atoms with E-state index in [4.69, 9.17) is 14.2 Å². The molecule has 0 N–H and O–H groups in total. The van der Waals surface area contributed by atoms with Crippen molar-refractivity contribution in [1.29, 1.82) is 0 Å². The minimum Gasteiger partial charge on any atom is -0.466 e. The molecule has 0 aromatic rings. The molecule has 0 aliphatic carbocycles. The van der Waals surface area contributed by atoms with Gasteiger partial charge in [0.25, 0.3) is 0 Å². The quantitative estimate of drug-likeness (QED) is 0.120. The van der Waals surface area contributed by atoms with Gasteiger partial charge in [-0.3, -0.25) is 24.5 Å². The van der Waals surface area contributed by atoms with Crippen LogP contribution in [-0.2, 0) is 28.6 Å². The highest BCUT2D eigenvalue weighted by molar-refractivity contribution is 5.70. The Morgan fingerprint density at radius 2 is 1.25 bits per heavy atom. The highest BCUT2D eigenvalue weighted by Crippen LogP contribution is 2.31. The number of rotatable bonds is 14. The number of hydrogen-bond donors (Lipinski definition) is 0. The Hall–Kier alpha value is -2.19. The normalized spacial score (nSPS) is 13.7. The minimum atomic E-state index is -1.33. The molecule has 0 aromatic carbocycles. The maximum atomic E-state index is 12.2. The Morgan fingerprint density at radius 1 is 0.750 bits per heavy atom. The van der Waals surface area contributed by atoms with E-state index in [1.165, 1.54) is 6.92 Å². The second-order valence-corrected chi connectivity index (χ2v) is 10.2. The summed E-state index contributed by atoms with van der Waals surface area (Å²) in [6, 6.07) is 0. The average Bonchev–Trinajstić information content (AvgIpc) is 2.58. The molecule has 1 unspecified atom stereocenters. The highest BCUT2D eigenvalue weighted by Gasteiger charge is 2.42. The van der Waals surface area contributed by atoms with Crippen LogP contribution in [0.5, 0.6) is 0 Å². The molecule has 32 heavy (non-hydrogen) atoms. The van der Waals surface area contributed by atoms with Gasteiger partial charge in [-0.2, -0.15) is 0 Å². The Labute approximate surface area is 191 Å². The van der Waals surface area contributed by atoms with Gasteiger partial charge in [0.05, 0.1) is 13.0 Å². The first-order chi connectivity index (χ1) is 14.6. The summed E-state index contributed by atoms with van der Waals surface area (Å²) >= 11 is 0. The standard InChI is InChI=1S/C23H41NO8/c1-18(25)30-17-10-8-9-14-23(24(28)29,16-13-20(27)32-22(5,6)7)15-11-12-19(26)31-21(2,3)4/h8-17H2,1-7H3. The van der Waals surface area contributed by atoms with Gasteiger partial charge in [0.15, 0.2) is 0 Å². The van der Waals surface area contributed by atoms with Crippen molar-refractivity contribution >= 4 is 17.9 Å². The fourth-order valence-electron chi connectivity index (χ4n) is 3.28. The van der Waals surface area contributed by atoms with Crippen molar-refractivity contribution in [3.63, 3.8) is 0 Å². The lowest BCUT2D eigenvalue weighted by Gasteiger charge is -2.27. The summed E-state index contributed by atoms with van der Waals surface area (Å²) in [6.45, 7) is 12.1. The zero-order valence-corrected chi connectivity index (χ0v) is 20.8. The molecule has 0 heterocycles. The van der Waals surface area contributed by atoms with Gasteiger partial charge in [0, 0.05) is 37.5 Å². The van der Waals surface area contributed by atoms with E-state index < -0.39 is 28.7 Å². The van der Waals surface area contributed by atoms with Crippen LogP contribution in [0.3, 0.4) is 0 Å². The van der Waals surface area contributed by atoms with E-state index in [1.54, 1.807) is 41.5 Å². The van der Waals surface area contributed by atoms with E-state index in [2.05, 4.69) is 0 Å². The molecule has 0 radical (unpaired) electrons. The molecule has 0 aliphatic heterocycles. The molecular weight excluding hydrogens is 418 g/mol. The molecule has 0 fully saturated rings. The van der Waals surface area contributed by atoms with Gasteiger partial charge in [-0.25, -0.2) is 0 Å². The summed E-state index contributed by atoms with van der Waals surface area (Å²) in [5.41, 5.74) is -2.61. The Kier molecular flexibility index (Phi) is 12.5. The van der Waals surface area contributed by atoms with Crippen molar-refractivity contribution in [3.8, 4) is 0 Å². The topological polar surface area (TPSA) is 122 Å². The molecule has 9 nitrogen and oxygen atoms in total. The first kappa shape index (κ1) is 29.8. The van der Waals surface area contributed by atoms with Crippen molar-refractivity contribution < 1.29 is 33.5 Å². The second kappa shape index (κ2) is 13.4. The average molecular weight is 460 g/mol. The third-order valence-corrected chi connectivity index (χ3v) is 4.64. The van der Waals surface area contributed by atoms with Crippen LogP contribution in [0.1, 0.15) is 106 Å². The van der Waals surface area contributed by atoms with Gasteiger partial charge in [-0.15, -0.1) is 0 Å². The highest BCUT2D eigenvalue weighted by atomic mass is 16.6. The summed E-state index contributed by atoms with van der Waals surface area (Å²) in [5.74, 6) is -1.24. The van der Waals surface area contributed by atoms with E-state index in [-0.39, 0.29) is 56.0 Å². The first-order valence-corrected chi connectivity index (χ1v) is 11.3. The van der Waals surface area contributed by atoms with Gasteiger partial charge in [-0.1, -0.05) is 0 Å². The molecule has 0 saturated heterocycles. The smallest absolute Gasteiger partial charge is 0.306 e. The monoisotopic (exact) mass is 459 g/mol. The minimum absolute atomic E-state index is 0.0349. The van der Waals surface area contributed by atoms with Crippen LogP contribution in [0.4, 0.5) is 0 Å². The van der Waals surface area contributed by atoms with E-state index in [0.717, 1.165) is 0 Å². The van der Waals surface area contributed by atoms with Crippen molar-refractivity contribution in [2.24, 2.45) is 0 Å². The van der Waals surface area contributed by atoms with E-state index >= 15 is 0 Å². The van der Waals surface area contributed by atoms with Crippen LogP contribution in [0.15, 0.2) is 0 Å². The van der Waals surface area contributed by atoms with E-state index in [9.17, 15) is 24.5 Å². The molecule has 0 saturated carbocycles.